The smallest absolute Gasteiger partial charge is 0.0732 e. The molecule has 2 aromatic rings. The van der Waals surface area contributed by atoms with Crippen LogP contribution in [0.5, 0.6) is 0 Å². The fraction of sp³-hybridized carbons (Fsp3) is 0.200. The molecule has 1 unspecified atom stereocenters. The quantitative estimate of drug-likeness (QED) is 0.864. The molecule has 0 bridgehead atoms. The van der Waals surface area contributed by atoms with Gasteiger partial charge in [-0.05, 0) is 46.1 Å². The average molecular weight is 338 g/mol. The molecule has 0 aromatic heterocycles. The number of benzene rings is 2. The molecule has 1 aliphatic heterocycles. The molecule has 98 valence electrons. The zero-order valence-electron chi connectivity index (χ0n) is 10.3. The molecule has 0 aliphatic carbocycles. The minimum Gasteiger partial charge on any atom is -0.300 e. The van der Waals surface area contributed by atoms with Gasteiger partial charge in [-0.1, -0.05) is 41.9 Å². The molecule has 1 aliphatic rings. The molecular formula is C15H14BrClN2. The molecule has 1 saturated heterocycles. The Balaban J connectivity index is 1.99. The fourth-order valence-corrected chi connectivity index (χ4v) is 3.24. The monoisotopic (exact) mass is 336 g/mol. The van der Waals surface area contributed by atoms with Gasteiger partial charge in [0.25, 0.3) is 0 Å². The summed E-state index contributed by atoms with van der Waals surface area (Å²) in [5, 5.41) is 3.03. The van der Waals surface area contributed by atoms with Crippen LogP contribution in [0, 0.1) is 0 Å². The van der Waals surface area contributed by atoms with E-state index in [1.165, 1.54) is 5.56 Å². The van der Waals surface area contributed by atoms with Crippen LogP contribution in [0.15, 0.2) is 53.0 Å². The van der Waals surface area contributed by atoms with Gasteiger partial charge in [-0.25, -0.2) is 5.43 Å². The summed E-state index contributed by atoms with van der Waals surface area (Å²) in [6.45, 7) is 0.956. The molecule has 1 heterocycles. The van der Waals surface area contributed by atoms with Crippen LogP contribution in [-0.4, -0.2) is 6.54 Å². The number of rotatable bonds is 2. The van der Waals surface area contributed by atoms with Crippen molar-refractivity contribution in [2.75, 3.05) is 11.6 Å². The second-order valence-electron chi connectivity index (χ2n) is 4.56. The first-order valence-electron chi connectivity index (χ1n) is 6.29. The van der Waals surface area contributed by atoms with E-state index in [-0.39, 0.29) is 6.04 Å². The Kier molecular flexibility index (Phi) is 3.78. The lowest BCUT2D eigenvalue weighted by atomic mass is 10.0. The van der Waals surface area contributed by atoms with Gasteiger partial charge in [0.1, 0.15) is 0 Å². The van der Waals surface area contributed by atoms with Crippen LogP contribution in [0.3, 0.4) is 0 Å². The molecule has 1 atom stereocenters. The van der Waals surface area contributed by atoms with Gasteiger partial charge < -0.3 is 0 Å². The molecule has 0 spiro atoms. The Hall–Kier alpha value is -1.03. The molecule has 19 heavy (non-hydrogen) atoms. The summed E-state index contributed by atoms with van der Waals surface area (Å²) in [6, 6.07) is 16.6. The molecule has 1 N–H and O–H groups in total. The summed E-state index contributed by atoms with van der Waals surface area (Å²) in [4.78, 5) is 0. The highest BCUT2D eigenvalue weighted by Gasteiger charge is 2.28. The lowest BCUT2D eigenvalue weighted by Gasteiger charge is -2.28. The maximum atomic E-state index is 6.33. The SMILES string of the molecule is Clc1ccccc1C1CCNN1c1ccccc1Br. The van der Waals surface area contributed by atoms with Crippen molar-refractivity contribution in [3.8, 4) is 0 Å². The zero-order valence-corrected chi connectivity index (χ0v) is 12.7. The second-order valence-corrected chi connectivity index (χ2v) is 5.82. The first kappa shape index (κ1) is 13.0. The molecule has 0 amide bonds. The van der Waals surface area contributed by atoms with Crippen LogP contribution in [0.1, 0.15) is 18.0 Å². The number of hydrogen-bond acceptors (Lipinski definition) is 2. The zero-order chi connectivity index (χ0) is 13.2. The van der Waals surface area contributed by atoms with E-state index in [9.17, 15) is 0 Å². The third kappa shape index (κ3) is 2.50. The summed E-state index contributed by atoms with van der Waals surface area (Å²) in [7, 11) is 0. The van der Waals surface area contributed by atoms with Crippen LogP contribution in [0.25, 0.3) is 0 Å². The Morgan fingerprint density at radius 2 is 1.84 bits per heavy atom. The van der Waals surface area contributed by atoms with Crippen molar-refractivity contribution in [3.05, 3.63) is 63.6 Å². The van der Waals surface area contributed by atoms with Gasteiger partial charge in [0.2, 0.25) is 0 Å². The topological polar surface area (TPSA) is 15.3 Å². The lowest BCUT2D eigenvalue weighted by molar-refractivity contribution is 0.683. The van der Waals surface area contributed by atoms with Crippen molar-refractivity contribution >= 4 is 33.2 Å². The average Bonchev–Trinajstić information content (AvgIpc) is 2.89. The molecule has 2 nitrogen and oxygen atoms in total. The van der Waals surface area contributed by atoms with E-state index in [0.29, 0.717) is 0 Å². The standard InChI is InChI=1S/C15H14BrClN2/c16-12-6-2-4-8-15(12)19-14(9-10-18-19)11-5-1-3-7-13(11)17/h1-8,14,18H,9-10H2. The Labute approximate surface area is 126 Å². The van der Waals surface area contributed by atoms with E-state index in [2.05, 4.69) is 44.6 Å². The summed E-state index contributed by atoms with van der Waals surface area (Å²) < 4.78 is 1.08. The molecule has 3 rings (SSSR count). The van der Waals surface area contributed by atoms with Crippen LogP contribution < -0.4 is 10.4 Å². The van der Waals surface area contributed by atoms with Gasteiger partial charge in [-0.2, -0.15) is 0 Å². The number of para-hydroxylation sites is 1. The summed E-state index contributed by atoms with van der Waals surface area (Å²) in [5.41, 5.74) is 5.75. The third-order valence-electron chi connectivity index (χ3n) is 3.39. The number of anilines is 1. The maximum absolute atomic E-state index is 6.33. The van der Waals surface area contributed by atoms with Crippen molar-refractivity contribution < 1.29 is 0 Å². The molecule has 2 aromatic carbocycles. The van der Waals surface area contributed by atoms with E-state index in [1.807, 2.05) is 30.3 Å². The van der Waals surface area contributed by atoms with Gasteiger partial charge in [-0.15, -0.1) is 0 Å². The predicted octanol–water partition coefficient (Wildman–Crippen LogP) is 4.56. The molecular weight excluding hydrogens is 324 g/mol. The highest BCUT2D eigenvalue weighted by molar-refractivity contribution is 9.10. The highest BCUT2D eigenvalue weighted by Crippen LogP contribution is 2.37. The van der Waals surface area contributed by atoms with Crippen molar-refractivity contribution in [2.24, 2.45) is 0 Å². The molecule has 0 radical (unpaired) electrons. The number of hydrazine groups is 1. The molecule has 0 saturated carbocycles. The van der Waals surface area contributed by atoms with Gasteiger partial charge in [-0.3, -0.25) is 5.01 Å². The lowest BCUT2D eigenvalue weighted by Crippen LogP contribution is -2.33. The number of halogens is 2. The first-order valence-corrected chi connectivity index (χ1v) is 7.46. The second kappa shape index (κ2) is 5.53. The van der Waals surface area contributed by atoms with Gasteiger partial charge in [0, 0.05) is 16.0 Å². The Bertz CT molecular complexity index is 536. The summed E-state index contributed by atoms with van der Waals surface area (Å²) >= 11 is 9.94. The maximum Gasteiger partial charge on any atom is 0.0732 e. The minimum absolute atomic E-state index is 0.271. The van der Waals surface area contributed by atoms with Crippen LogP contribution in [0.4, 0.5) is 5.69 Å². The van der Waals surface area contributed by atoms with Gasteiger partial charge in [0.15, 0.2) is 0 Å². The normalized spacial score (nSPS) is 18.8. The van der Waals surface area contributed by atoms with Gasteiger partial charge >= 0.3 is 0 Å². The van der Waals surface area contributed by atoms with Gasteiger partial charge in [0.05, 0.1) is 11.7 Å². The molecule has 1 fully saturated rings. The largest absolute Gasteiger partial charge is 0.300 e. The Morgan fingerprint density at radius 3 is 2.63 bits per heavy atom. The number of nitrogens with zero attached hydrogens (tertiary/aromatic N) is 1. The third-order valence-corrected chi connectivity index (χ3v) is 4.40. The number of nitrogens with one attached hydrogen (secondary N) is 1. The van der Waals surface area contributed by atoms with E-state index >= 15 is 0 Å². The summed E-state index contributed by atoms with van der Waals surface area (Å²) in [5.74, 6) is 0. The van der Waals surface area contributed by atoms with Crippen molar-refractivity contribution in [2.45, 2.75) is 12.5 Å². The van der Waals surface area contributed by atoms with Crippen molar-refractivity contribution in [1.29, 1.82) is 0 Å². The van der Waals surface area contributed by atoms with Crippen molar-refractivity contribution in [3.63, 3.8) is 0 Å². The van der Waals surface area contributed by atoms with Crippen LogP contribution in [-0.2, 0) is 0 Å². The van der Waals surface area contributed by atoms with E-state index in [0.717, 1.165) is 28.1 Å². The first-order chi connectivity index (χ1) is 9.27. The predicted molar refractivity (Wildman–Crippen MR) is 83.4 cm³/mol. The Morgan fingerprint density at radius 1 is 1.11 bits per heavy atom. The number of hydrogen-bond donors (Lipinski definition) is 1. The van der Waals surface area contributed by atoms with E-state index < -0.39 is 0 Å². The van der Waals surface area contributed by atoms with E-state index in [4.69, 9.17) is 11.6 Å². The molecule has 4 heteroatoms. The fourth-order valence-electron chi connectivity index (χ4n) is 2.50. The summed E-state index contributed by atoms with van der Waals surface area (Å²) in [6.07, 6.45) is 1.05. The van der Waals surface area contributed by atoms with E-state index in [1.54, 1.807) is 0 Å². The highest BCUT2D eigenvalue weighted by atomic mass is 79.9. The van der Waals surface area contributed by atoms with Crippen LogP contribution >= 0.6 is 27.5 Å². The van der Waals surface area contributed by atoms with Crippen molar-refractivity contribution in [1.82, 2.24) is 5.43 Å². The van der Waals surface area contributed by atoms with Crippen LogP contribution in [0.2, 0.25) is 5.02 Å². The minimum atomic E-state index is 0.271.